The second-order valence-corrected chi connectivity index (χ2v) is 5.96. The number of para-hydroxylation sites is 1. The largest absolute Gasteiger partial charge is 0.320 e. The van der Waals surface area contributed by atoms with E-state index in [9.17, 15) is 4.79 Å². The van der Waals surface area contributed by atoms with E-state index >= 15 is 0 Å². The van der Waals surface area contributed by atoms with E-state index < -0.39 is 0 Å². The van der Waals surface area contributed by atoms with Gasteiger partial charge in [-0.25, -0.2) is 4.98 Å². The quantitative estimate of drug-likeness (QED) is 0.914. The lowest BCUT2D eigenvalue weighted by atomic mass is 9.98. The Labute approximate surface area is 117 Å². The summed E-state index contributed by atoms with van der Waals surface area (Å²) in [6, 6.07) is 6.09. The highest BCUT2D eigenvalue weighted by molar-refractivity contribution is 7.09. The maximum atomic E-state index is 12.3. The minimum Gasteiger partial charge on any atom is -0.320 e. The molecule has 1 N–H and O–H groups in total. The van der Waals surface area contributed by atoms with Crippen molar-refractivity contribution in [2.24, 2.45) is 0 Å². The second-order valence-electron chi connectivity index (χ2n) is 4.91. The van der Waals surface area contributed by atoms with Crippen LogP contribution in [0.2, 0.25) is 0 Å². The van der Waals surface area contributed by atoms with Gasteiger partial charge in [-0.3, -0.25) is 4.79 Å². The molecule has 2 rings (SSSR count). The second kappa shape index (κ2) is 5.53. The van der Waals surface area contributed by atoms with Crippen LogP contribution < -0.4 is 5.32 Å². The number of aromatic nitrogens is 1. The molecule has 0 aliphatic carbocycles. The molecule has 0 radical (unpaired) electrons. The van der Waals surface area contributed by atoms with Gasteiger partial charge in [0.25, 0.3) is 5.91 Å². The van der Waals surface area contributed by atoms with Gasteiger partial charge in [0.05, 0.1) is 5.51 Å². The van der Waals surface area contributed by atoms with Crippen molar-refractivity contribution in [1.29, 1.82) is 0 Å². The van der Waals surface area contributed by atoms with Gasteiger partial charge >= 0.3 is 0 Å². The van der Waals surface area contributed by atoms with Gasteiger partial charge in [-0.15, -0.1) is 11.3 Å². The summed E-state index contributed by atoms with van der Waals surface area (Å²) in [7, 11) is 0. The molecule has 0 saturated heterocycles. The van der Waals surface area contributed by atoms with Crippen LogP contribution in [0.4, 0.5) is 5.69 Å². The molecule has 0 unspecified atom stereocenters. The van der Waals surface area contributed by atoms with Crippen LogP contribution in [0.15, 0.2) is 23.7 Å². The highest BCUT2D eigenvalue weighted by atomic mass is 32.1. The Bertz CT molecular complexity index is 602. The molecule has 0 aliphatic rings. The van der Waals surface area contributed by atoms with Gasteiger partial charge in [0, 0.05) is 10.6 Å². The molecular formula is C15H18N2OS. The minimum atomic E-state index is -0.130. The summed E-state index contributed by atoms with van der Waals surface area (Å²) in [6.07, 6.45) is 0. The molecule has 0 aliphatic heterocycles. The normalized spacial score (nSPS) is 10.8. The van der Waals surface area contributed by atoms with Gasteiger partial charge < -0.3 is 5.32 Å². The van der Waals surface area contributed by atoms with E-state index in [1.54, 1.807) is 5.51 Å². The SMILES string of the molecule is Cc1cccc(C(C)C)c1NC(=O)c1ncsc1C. The smallest absolute Gasteiger partial charge is 0.275 e. The number of hydrogen-bond donors (Lipinski definition) is 1. The topological polar surface area (TPSA) is 42.0 Å². The number of thiazole rings is 1. The summed E-state index contributed by atoms with van der Waals surface area (Å²) in [5.41, 5.74) is 5.36. The number of nitrogens with one attached hydrogen (secondary N) is 1. The summed E-state index contributed by atoms with van der Waals surface area (Å²) >= 11 is 1.49. The van der Waals surface area contributed by atoms with E-state index in [2.05, 4.69) is 30.2 Å². The van der Waals surface area contributed by atoms with Crippen molar-refractivity contribution in [3.63, 3.8) is 0 Å². The molecule has 4 heteroatoms. The minimum absolute atomic E-state index is 0.130. The van der Waals surface area contributed by atoms with Crippen molar-refractivity contribution in [2.45, 2.75) is 33.6 Å². The Balaban J connectivity index is 2.34. The number of benzene rings is 1. The van der Waals surface area contributed by atoms with Crippen LogP contribution in [-0.2, 0) is 0 Å². The maximum Gasteiger partial charge on any atom is 0.275 e. The summed E-state index contributed by atoms with van der Waals surface area (Å²) in [5, 5.41) is 3.01. The Morgan fingerprint density at radius 3 is 2.63 bits per heavy atom. The molecule has 3 nitrogen and oxygen atoms in total. The average Bonchev–Trinajstić information content (AvgIpc) is 2.77. The first-order chi connectivity index (χ1) is 9.00. The van der Waals surface area contributed by atoms with E-state index in [1.165, 1.54) is 11.3 Å². The molecule has 0 fully saturated rings. The predicted molar refractivity (Wildman–Crippen MR) is 80.1 cm³/mol. The molecule has 0 spiro atoms. The molecule has 19 heavy (non-hydrogen) atoms. The monoisotopic (exact) mass is 274 g/mol. The first-order valence-electron chi connectivity index (χ1n) is 6.31. The van der Waals surface area contributed by atoms with Crippen molar-refractivity contribution in [2.75, 3.05) is 5.32 Å². The zero-order valence-corrected chi connectivity index (χ0v) is 12.5. The van der Waals surface area contributed by atoms with Crippen molar-refractivity contribution in [3.05, 3.63) is 45.4 Å². The van der Waals surface area contributed by atoms with Crippen LogP contribution in [0.1, 0.15) is 46.3 Å². The van der Waals surface area contributed by atoms with E-state index in [0.717, 1.165) is 21.7 Å². The highest BCUT2D eigenvalue weighted by Gasteiger charge is 2.16. The standard InChI is InChI=1S/C15H18N2OS/c1-9(2)12-7-5-6-10(3)13(12)17-15(18)14-11(4)19-8-16-14/h5-9H,1-4H3,(H,17,18). The number of aryl methyl sites for hydroxylation is 2. The van der Waals surface area contributed by atoms with Crippen molar-refractivity contribution < 1.29 is 4.79 Å². The fourth-order valence-electron chi connectivity index (χ4n) is 2.04. The van der Waals surface area contributed by atoms with Crippen LogP contribution in [0.25, 0.3) is 0 Å². The van der Waals surface area contributed by atoms with Crippen LogP contribution in [0.5, 0.6) is 0 Å². The number of carbonyl (C=O) groups excluding carboxylic acids is 1. The molecule has 1 aromatic heterocycles. The van der Waals surface area contributed by atoms with E-state index in [1.807, 2.05) is 26.0 Å². The van der Waals surface area contributed by atoms with Gasteiger partial charge in [-0.1, -0.05) is 32.0 Å². The first-order valence-corrected chi connectivity index (χ1v) is 7.19. The van der Waals surface area contributed by atoms with Crippen LogP contribution >= 0.6 is 11.3 Å². The van der Waals surface area contributed by atoms with E-state index in [-0.39, 0.29) is 5.91 Å². The maximum absolute atomic E-state index is 12.3. The Kier molecular flexibility index (Phi) is 4.00. The van der Waals surface area contributed by atoms with Crippen LogP contribution in [-0.4, -0.2) is 10.9 Å². The number of hydrogen-bond acceptors (Lipinski definition) is 3. The van der Waals surface area contributed by atoms with Gasteiger partial charge in [-0.05, 0) is 30.9 Å². The van der Waals surface area contributed by atoms with E-state index in [0.29, 0.717) is 11.6 Å². The van der Waals surface area contributed by atoms with Gasteiger partial charge in [0.15, 0.2) is 0 Å². The fourth-order valence-corrected chi connectivity index (χ4v) is 2.61. The number of anilines is 1. The lowest BCUT2D eigenvalue weighted by Crippen LogP contribution is -2.16. The van der Waals surface area contributed by atoms with Crippen molar-refractivity contribution >= 4 is 22.9 Å². The molecule has 2 aromatic rings. The van der Waals surface area contributed by atoms with Crippen LogP contribution in [0.3, 0.4) is 0 Å². The lowest BCUT2D eigenvalue weighted by molar-refractivity contribution is 0.102. The predicted octanol–water partition coefficient (Wildman–Crippen LogP) is 4.14. The molecule has 0 atom stereocenters. The third-order valence-corrected chi connectivity index (χ3v) is 3.88. The average molecular weight is 274 g/mol. The zero-order valence-electron chi connectivity index (χ0n) is 11.7. The molecule has 1 heterocycles. The molecule has 1 aromatic carbocycles. The number of carbonyl (C=O) groups is 1. The summed E-state index contributed by atoms with van der Waals surface area (Å²) in [6.45, 7) is 8.17. The third kappa shape index (κ3) is 2.84. The molecule has 0 bridgehead atoms. The van der Waals surface area contributed by atoms with Crippen LogP contribution in [0, 0.1) is 13.8 Å². The zero-order chi connectivity index (χ0) is 14.0. The number of nitrogens with zero attached hydrogens (tertiary/aromatic N) is 1. The summed E-state index contributed by atoms with van der Waals surface area (Å²) in [5.74, 6) is 0.238. The third-order valence-electron chi connectivity index (χ3n) is 3.13. The number of amides is 1. The van der Waals surface area contributed by atoms with E-state index in [4.69, 9.17) is 0 Å². The van der Waals surface area contributed by atoms with Gasteiger partial charge in [0.1, 0.15) is 5.69 Å². The molecule has 1 amide bonds. The number of rotatable bonds is 3. The lowest BCUT2D eigenvalue weighted by Gasteiger charge is -2.16. The Hall–Kier alpha value is -1.68. The van der Waals surface area contributed by atoms with Gasteiger partial charge in [-0.2, -0.15) is 0 Å². The molecule has 0 saturated carbocycles. The van der Waals surface area contributed by atoms with Crippen molar-refractivity contribution in [3.8, 4) is 0 Å². The Morgan fingerprint density at radius 2 is 2.05 bits per heavy atom. The summed E-state index contributed by atoms with van der Waals surface area (Å²) in [4.78, 5) is 17.3. The fraction of sp³-hybridized carbons (Fsp3) is 0.333. The highest BCUT2D eigenvalue weighted by Crippen LogP contribution is 2.28. The van der Waals surface area contributed by atoms with Crippen molar-refractivity contribution in [1.82, 2.24) is 4.98 Å². The molecule has 100 valence electrons. The summed E-state index contributed by atoms with van der Waals surface area (Å²) < 4.78 is 0. The Morgan fingerprint density at radius 1 is 1.32 bits per heavy atom. The molecular weight excluding hydrogens is 256 g/mol. The first kappa shape index (κ1) is 13.7. The van der Waals surface area contributed by atoms with Gasteiger partial charge in [0.2, 0.25) is 0 Å².